The van der Waals surface area contributed by atoms with Crippen molar-refractivity contribution in [1.82, 2.24) is 15.2 Å². The lowest BCUT2D eigenvalue weighted by Crippen LogP contribution is -2.39. The molecule has 2 heterocycles. The summed E-state index contributed by atoms with van der Waals surface area (Å²) in [7, 11) is 3.25. The first-order valence-electron chi connectivity index (χ1n) is 7.88. The minimum Gasteiger partial charge on any atom is -0.493 e. The quantitative estimate of drug-likeness (QED) is 0.850. The molecule has 0 spiro atoms. The molecule has 0 amide bonds. The molecular formula is C17H22N4O3. The zero-order chi connectivity index (χ0) is 17.1. The Labute approximate surface area is 141 Å². The van der Waals surface area contributed by atoms with Gasteiger partial charge >= 0.3 is 0 Å². The van der Waals surface area contributed by atoms with E-state index < -0.39 is 0 Å². The Morgan fingerprint density at radius 3 is 2.58 bits per heavy atom. The van der Waals surface area contributed by atoms with Crippen LogP contribution >= 0.6 is 0 Å². The van der Waals surface area contributed by atoms with Gasteiger partial charge in [-0.3, -0.25) is 0 Å². The highest BCUT2D eigenvalue weighted by molar-refractivity contribution is 5.44. The molecular weight excluding hydrogens is 308 g/mol. The lowest BCUT2D eigenvalue weighted by Gasteiger charge is -2.33. The van der Waals surface area contributed by atoms with Crippen molar-refractivity contribution in [3.63, 3.8) is 0 Å². The second-order valence-electron chi connectivity index (χ2n) is 5.70. The molecule has 24 heavy (non-hydrogen) atoms. The number of benzene rings is 1. The molecule has 1 aromatic carbocycles. The highest BCUT2D eigenvalue weighted by Crippen LogP contribution is 2.32. The molecule has 1 aromatic heterocycles. The number of hydrogen-bond acceptors (Lipinski definition) is 7. The molecule has 0 aliphatic carbocycles. The summed E-state index contributed by atoms with van der Waals surface area (Å²) in [4.78, 5) is 6.64. The van der Waals surface area contributed by atoms with Gasteiger partial charge < -0.3 is 19.1 Å². The van der Waals surface area contributed by atoms with Crippen LogP contribution in [0.1, 0.15) is 23.1 Å². The number of ether oxygens (including phenoxy) is 3. The van der Waals surface area contributed by atoms with E-state index in [2.05, 4.69) is 20.1 Å². The Kier molecular flexibility index (Phi) is 4.80. The minimum absolute atomic E-state index is 0.0798. The van der Waals surface area contributed by atoms with Crippen molar-refractivity contribution in [1.29, 1.82) is 0 Å². The molecule has 0 saturated carbocycles. The summed E-state index contributed by atoms with van der Waals surface area (Å²) in [6, 6.07) is 5.84. The van der Waals surface area contributed by atoms with Crippen molar-refractivity contribution >= 4 is 5.95 Å². The van der Waals surface area contributed by atoms with Crippen LogP contribution in [-0.2, 0) is 4.74 Å². The van der Waals surface area contributed by atoms with Gasteiger partial charge in [0.05, 0.1) is 38.8 Å². The zero-order valence-corrected chi connectivity index (χ0v) is 14.4. The number of morpholine rings is 1. The lowest BCUT2D eigenvalue weighted by atomic mass is 10.1. The Morgan fingerprint density at radius 1 is 1.08 bits per heavy atom. The van der Waals surface area contributed by atoms with Crippen molar-refractivity contribution in [3.8, 4) is 11.5 Å². The molecule has 7 nitrogen and oxygen atoms in total. The maximum atomic E-state index is 5.93. The van der Waals surface area contributed by atoms with Crippen molar-refractivity contribution in [2.75, 3.05) is 38.8 Å². The van der Waals surface area contributed by atoms with Crippen molar-refractivity contribution in [3.05, 3.63) is 35.2 Å². The molecule has 0 bridgehead atoms. The van der Waals surface area contributed by atoms with Gasteiger partial charge in [-0.05, 0) is 31.5 Å². The van der Waals surface area contributed by atoms with E-state index in [1.165, 1.54) is 0 Å². The predicted molar refractivity (Wildman–Crippen MR) is 89.8 cm³/mol. The third kappa shape index (κ3) is 3.26. The summed E-state index contributed by atoms with van der Waals surface area (Å²) >= 11 is 0. The molecule has 0 radical (unpaired) electrons. The number of hydrogen-bond donors (Lipinski definition) is 0. The van der Waals surface area contributed by atoms with Gasteiger partial charge in [0.1, 0.15) is 6.10 Å². The molecule has 0 N–H and O–H groups in total. The zero-order valence-electron chi connectivity index (χ0n) is 14.4. The van der Waals surface area contributed by atoms with Gasteiger partial charge in [-0.15, -0.1) is 5.10 Å². The summed E-state index contributed by atoms with van der Waals surface area (Å²) < 4.78 is 16.6. The monoisotopic (exact) mass is 330 g/mol. The average molecular weight is 330 g/mol. The highest BCUT2D eigenvalue weighted by Gasteiger charge is 2.25. The molecule has 1 unspecified atom stereocenters. The second-order valence-corrected chi connectivity index (χ2v) is 5.70. The van der Waals surface area contributed by atoms with E-state index in [1.54, 1.807) is 14.2 Å². The predicted octanol–water partition coefficient (Wildman–Crippen LogP) is 2.08. The van der Waals surface area contributed by atoms with Crippen LogP contribution in [0.2, 0.25) is 0 Å². The first-order chi connectivity index (χ1) is 11.6. The number of anilines is 1. The van der Waals surface area contributed by atoms with Crippen LogP contribution in [0.25, 0.3) is 0 Å². The maximum Gasteiger partial charge on any atom is 0.245 e. The molecule has 1 aliphatic heterocycles. The van der Waals surface area contributed by atoms with Crippen LogP contribution in [0.15, 0.2) is 18.2 Å². The highest BCUT2D eigenvalue weighted by atomic mass is 16.5. The van der Waals surface area contributed by atoms with Crippen LogP contribution in [0.3, 0.4) is 0 Å². The normalized spacial score (nSPS) is 17.7. The van der Waals surface area contributed by atoms with Gasteiger partial charge in [0, 0.05) is 6.54 Å². The smallest absolute Gasteiger partial charge is 0.245 e. The van der Waals surface area contributed by atoms with E-state index in [4.69, 9.17) is 14.2 Å². The molecule has 128 valence electrons. The number of nitrogens with zero attached hydrogens (tertiary/aromatic N) is 4. The van der Waals surface area contributed by atoms with Crippen molar-refractivity contribution in [2.45, 2.75) is 20.0 Å². The number of aromatic nitrogens is 3. The van der Waals surface area contributed by atoms with E-state index in [0.717, 1.165) is 23.5 Å². The minimum atomic E-state index is -0.0798. The van der Waals surface area contributed by atoms with Crippen LogP contribution in [-0.4, -0.2) is 49.1 Å². The number of aryl methyl sites for hydroxylation is 2. The average Bonchev–Trinajstić information content (AvgIpc) is 2.63. The van der Waals surface area contributed by atoms with Gasteiger partial charge in [-0.1, -0.05) is 6.07 Å². The van der Waals surface area contributed by atoms with Gasteiger partial charge in [0.15, 0.2) is 11.5 Å². The molecule has 2 aromatic rings. The van der Waals surface area contributed by atoms with Gasteiger partial charge in [0.2, 0.25) is 5.95 Å². The van der Waals surface area contributed by atoms with E-state index in [9.17, 15) is 0 Å². The van der Waals surface area contributed by atoms with Crippen LogP contribution in [0, 0.1) is 13.8 Å². The first-order valence-corrected chi connectivity index (χ1v) is 7.88. The standard InChI is InChI=1S/C17H22N4O3/c1-11-12(2)19-20-17(18-11)21-7-8-24-16(10-21)13-5-6-14(22-3)15(9-13)23-4/h5-6,9,16H,7-8,10H2,1-4H3. The Morgan fingerprint density at radius 2 is 1.88 bits per heavy atom. The maximum absolute atomic E-state index is 5.93. The third-order valence-corrected chi connectivity index (χ3v) is 4.21. The van der Waals surface area contributed by atoms with Crippen LogP contribution in [0.4, 0.5) is 5.95 Å². The second kappa shape index (κ2) is 7.00. The fraction of sp³-hybridized carbons (Fsp3) is 0.471. The Balaban J connectivity index is 1.81. The van der Waals surface area contributed by atoms with Gasteiger partial charge in [0.25, 0.3) is 0 Å². The lowest BCUT2D eigenvalue weighted by molar-refractivity contribution is 0.0390. The third-order valence-electron chi connectivity index (χ3n) is 4.21. The Bertz CT molecular complexity index is 723. The van der Waals surface area contributed by atoms with E-state index in [0.29, 0.717) is 30.6 Å². The molecule has 7 heteroatoms. The Hall–Kier alpha value is -2.41. The molecule has 1 saturated heterocycles. The summed E-state index contributed by atoms with van der Waals surface area (Å²) in [5.74, 6) is 2.04. The summed E-state index contributed by atoms with van der Waals surface area (Å²) in [6.45, 7) is 5.87. The van der Waals surface area contributed by atoms with Gasteiger partial charge in [-0.25, -0.2) is 4.98 Å². The topological polar surface area (TPSA) is 69.6 Å². The van der Waals surface area contributed by atoms with E-state index >= 15 is 0 Å². The fourth-order valence-electron chi connectivity index (χ4n) is 2.66. The molecule has 1 atom stereocenters. The number of methoxy groups -OCH3 is 2. The number of rotatable bonds is 4. The van der Waals surface area contributed by atoms with Crippen molar-refractivity contribution in [2.24, 2.45) is 0 Å². The summed E-state index contributed by atoms with van der Waals surface area (Å²) in [6.07, 6.45) is -0.0798. The van der Waals surface area contributed by atoms with Crippen LogP contribution in [0.5, 0.6) is 11.5 Å². The first kappa shape index (κ1) is 16.4. The SMILES string of the molecule is COc1ccc(C2CN(c3nnc(C)c(C)n3)CCO2)cc1OC. The molecule has 1 aliphatic rings. The largest absolute Gasteiger partial charge is 0.493 e. The molecule has 3 rings (SSSR count). The summed E-state index contributed by atoms with van der Waals surface area (Å²) in [5.41, 5.74) is 2.78. The van der Waals surface area contributed by atoms with Gasteiger partial charge in [-0.2, -0.15) is 5.10 Å². The van der Waals surface area contributed by atoms with Crippen LogP contribution < -0.4 is 14.4 Å². The van der Waals surface area contributed by atoms with E-state index in [-0.39, 0.29) is 6.10 Å². The van der Waals surface area contributed by atoms with E-state index in [1.807, 2.05) is 32.0 Å². The fourth-order valence-corrected chi connectivity index (χ4v) is 2.66. The summed E-state index contributed by atoms with van der Waals surface area (Å²) in [5, 5.41) is 8.39. The van der Waals surface area contributed by atoms with Crippen molar-refractivity contribution < 1.29 is 14.2 Å². The molecule has 1 fully saturated rings.